The SMILES string of the molecule is O=S(=O)(NCCCc1ccc(N2CCCCC2)cc1)c1cccc(F)c1. The summed E-state index contributed by atoms with van der Waals surface area (Å²) < 4.78 is 40.0. The van der Waals surface area contributed by atoms with Crippen molar-refractivity contribution in [3.8, 4) is 0 Å². The van der Waals surface area contributed by atoms with Crippen molar-refractivity contribution in [2.45, 2.75) is 37.0 Å². The Morgan fingerprint density at radius 3 is 2.42 bits per heavy atom. The van der Waals surface area contributed by atoms with Gasteiger partial charge in [0.2, 0.25) is 10.0 Å². The average molecular weight is 376 g/mol. The third-order valence-corrected chi connectivity index (χ3v) is 6.16. The van der Waals surface area contributed by atoms with Crippen LogP contribution in [0.1, 0.15) is 31.2 Å². The molecule has 0 aromatic heterocycles. The first-order valence-corrected chi connectivity index (χ1v) is 10.6. The summed E-state index contributed by atoms with van der Waals surface area (Å²) in [5.41, 5.74) is 2.45. The van der Waals surface area contributed by atoms with Crippen molar-refractivity contribution in [3.63, 3.8) is 0 Å². The summed E-state index contributed by atoms with van der Waals surface area (Å²) in [6.07, 6.45) is 5.32. The van der Waals surface area contributed by atoms with Gasteiger partial charge in [0.05, 0.1) is 4.90 Å². The van der Waals surface area contributed by atoms with Gasteiger partial charge in [0.1, 0.15) is 5.82 Å². The van der Waals surface area contributed by atoms with Crippen molar-refractivity contribution < 1.29 is 12.8 Å². The number of nitrogens with zero attached hydrogens (tertiary/aromatic N) is 1. The highest BCUT2D eigenvalue weighted by molar-refractivity contribution is 7.89. The first-order chi connectivity index (χ1) is 12.5. The van der Waals surface area contributed by atoms with E-state index in [2.05, 4.69) is 33.9 Å². The number of hydrogen-bond acceptors (Lipinski definition) is 3. The van der Waals surface area contributed by atoms with E-state index >= 15 is 0 Å². The highest BCUT2D eigenvalue weighted by atomic mass is 32.2. The topological polar surface area (TPSA) is 49.4 Å². The number of benzene rings is 2. The van der Waals surface area contributed by atoms with Crippen LogP contribution in [-0.4, -0.2) is 28.1 Å². The zero-order valence-electron chi connectivity index (χ0n) is 14.8. The Labute approximate surface area is 155 Å². The molecule has 1 N–H and O–H groups in total. The molecule has 1 heterocycles. The first-order valence-electron chi connectivity index (χ1n) is 9.14. The number of aryl methyl sites for hydroxylation is 1. The molecule has 2 aromatic rings. The van der Waals surface area contributed by atoms with Gasteiger partial charge in [-0.15, -0.1) is 0 Å². The van der Waals surface area contributed by atoms with Crippen LogP contribution >= 0.6 is 0 Å². The third-order valence-electron chi connectivity index (χ3n) is 4.70. The molecule has 1 saturated heterocycles. The number of hydrogen-bond donors (Lipinski definition) is 1. The maximum Gasteiger partial charge on any atom is 0.240 e. The molecule has 0 atom stereocenters. The van der Waals surface area contributed by atoms with Gasteiger partial charge in [0.25, 0.3) is 0 Å². The Morgan fingerprint density at radius 1 is 1.00 bits per heavy atom. The standard InChI is InChI=1S/C20H25FN2O2S/c21-18-7-4-8-20(16-18)26(24,25)22-13-5-6-17-9-11-19(12-10-17)23-14-2-1-3-15-23/h4,7-12,16,22H,1-3,5-6,13-15H2. The Kier molecular flexibility index (Phi) is 6.27. The summed E-state index contributed by atoms with van der Waals surface area (Å²) in [7, 11) is -3.66. The molecule has 0 saturated carbocycles. The van der Waals surface area contributed by atoms with Crippen molar-refractivity contribution in [2.75, 3.05) is 24.5 Å². The van der Waals surface area contributed by atoms with Gasteiger partial charge in [0, 0.05) is 25.3 Å². The second-order valence-corrected chi connectivity index (χ2v) is 8.44. The van der Waals surface area contributed by atoms with E-state index < -0.39 is 15.8 Å². The highest BCUT2D eigenvalue weighted by Crippen LogP contribution is 2.20. The van der Waals surface area contributed by atoms with Crippen LogP contribution in [0.4, 0.5) is 10.1 Å². The van der Waals surface area contributed by atoms with E-state index in [0.717, 1.165) is 25.6 Å². The van der Waals surface area contributed by atoms with Gasteiger partial charge in [-0.3, -0.25) is 0 Å². The Balaban J connectivity index is 1.47. The van der Waals surface area contributed by atoms with Crippen molar-refractivity contribution in [1.82, 2.24) is 4.72 Å². The maximum atomic E-state index is 13.2. The normalized spacial score (nSPS) is 15.2. The first kappa shape index (κ1) is 18.9. The molecule has 26 heavy (non-hydrogen) atoms. The number of anilines is 1. The minimum Gasteiger partial charge on any atom is -0.372 e. The van der Waals surface area contributed by atoms with Crippen LogP contribution < -0.4 is 9.62 Å². The third kappa shape index (κ3) is 5.05. The van der Waals surface area contributed by atoms with Gasteiger partial charge in [-0.05, 0) is 68.0 Å². The molecule has 1 aliphatic rings. The fourth-order valence-corrected chi connectivity index (χ4v) is 4.35. The number of sulfonamides is 1. The van der Waals surface area contributed by atoms with E-state index in [1.54, 1.807) is 0 Å². The Bertz CT molecular complexity index is 816. The summed E-state index contributed by atoms with van der Waals surface area (Å²) in [4.78, 5) is 2.38. The molecule has 1 fully saturated rings. The lowest BCUT2D eigenvalue weighted by molar-refractivity contribution is 0.575. The molecule has 0 spiro atoms. The molecule has 0 unspecified atom stereocenters. The predicted octanol–water partition coefficient (Wildman–Crippen LogP) is 3.73. The number of halogens is 1. The van der Waals surface area contributed by atoms with Crippen LogP contribution in [0.25, 0.3) is 0 Å². The van der Waals surface area contributed by atoms with Crippen molar-refractivity contribution >= 4 is 15.7 Å². The van der Waals surface area contributed by atoms with Crippen LogP contribution in [0.15, 0.2) is 53.4 Å². The molecule has 140 valence electrons. The van der Waals surface area contributed by atoms with E-state index in [9.17, 15) is 12.8 Å². The summed E-state index contributed by atoms with van der Waals surface area (Å²) in [6, 6.07) is 13.6. The van der Waals surface area contributed by atoms with Gasteiger partial charge in [-0.1, -0.05) is 18.2 Å². The van der Waals surface area contributed by atoms with E-state index in [1.165, 1.54) is 48.7 Å². The van der Waals surface area contributed by atoms with Gasteiger partial charge < -0.3 is 4.90 Å². The van der Waals surface area contributed by atoms with Crippen LogP contribution in [0, 0.1) is 5.82 Å². The molecule has 0 aliphatic carbocycles. The van der Waals surface area contributed by atoms with E-state index in [-0.39, 0.29) is 4.90 Å². The maximum absolute atomic E-state index is 13.2. The predicted molar refractivity (Wildman–Crippen MR) is 102 cm³/mol. The lowest BCUT2D eigenvalue weighted by Gasteiger charge is -2.28. The van der Waals surface area contributed by atoms with Crippen molar-refractivity contribution in [1.29, 1.82) is 0 Å². The fourth-order valence-electron chi connectivity index (χ4n) is 3.24. The molecule has 1 aliphatic heterocycles. The Hall–Kier alpha value is -1.92. The molecule has 3 rings (SSSR count). The summed E-state index contributed by atoms with van der Waals surface area (Å²) in [5, 5.41) is 0. The molecular weight excluding hydrogens is 351 g/mol. The molecule has 4 nitrogen and oxygen atoms in total. The van der Waals surface area contributed by atoms with Gasteiger partial charge in [-0.2, -0.15) is 0 Å². The lowest BCUT2D eigenvalue weighted by atomic mass is 10.1. The largest absolute Gasteiger partial charge is 0.372 e. The van der Waals surface area contributed by atoms with Crippen LogP contribution in [0.5, 0.6) is 0 Å². The van der Waals surface area contributed by atoms with E-state index in [1.807, 2.05) is 0 Å². The van der Waals surface area contributed by atoms with Gasteiger partial charge in [-0.25, -0.2) is 17.5 Å². The molecular formula is C20H25FN2O2S. The Morgan fingerprint density at radius 2 is 1.73 bits per heavy atom. The highest BCUT2D eigenvalue weighted by Gasteiger charge is 2.14. The monoisotopic (exact) mass is 376 g/mol. The van der Waals surface area contributed by atoms with Crippen molar-refractivity contribution in [2.24, 2.45) is 0 Å². The fraction of sp³-hybridized carbons (Fsp3) is 0.400. The van der Waals surface area contributed by atoms with Gasteiger partial charge >= 0.3 is 0 Å². The summed E-state index contributed by atoms with van der Waals surface area (Å²) in [6.45, 7) is 2.58. The quantitative estimate of drug-likeness (QED) is 0.749. The minimum atomic E-state index is -3.66. The second-order valence-electron chi connectivity index (χ2n) is 6.67. The molecule has 6 heteroatoms. The number of nitrogens with one attached hydrogen (secondary N) is 1. The molecule has 0 bridgehead atoms. The zero-order valence-corrected chi connectivity index (χ0v) is 15.6. The van der Waals surface area contributed by atoms with Crippen molar-refractivity contribution in [3.05, 3.63) is 59.9 Å². The van der Waals surface area contributed by atoms with Crippen LogP contribution in [-0.2, 0) is 16.4 Å². The zero-order chi connectivity index (χ0) is 18.4. The van der Waals surface area contributed by atoms with E-state index in [0.29, 0.717) is 13.0 Å². The average Bonchev–Trinajstić information content (AvgIpc) is 2.66. The minimum absolute atomic E-state index is 0.0385. The lowest BCUT2D eigenvalue weighted by Crippen LogP contribution is -2.29. The molecule has 0 radical (unpaired) electrons. The summed E-state index contributed by atoms with van der Waals surface area (Å²) >= 11 is 0. The number of piperidine rings is 1. The second kappa shape index (κ2) is 8.64. The van der Waals surface area contributed by atoms with Gasteiger partial charge in [0.15, 0.2) is 0 Å². The van der Waals surface area contributed by atoms with Crippen LogP contribution in [0.3, 0.4) is 0 Å². The molecule has 2 aromatic carbocycles. The van der Waals surface area contributed by atoms with Crippen LogP contribution in [0.2, 0.25) is 0 Å². The summed E-state index contributed by atoms with van der Waals surface area (Å²) in [5.74, 6) is -0.554. The molecule has 0 amide bonds. The van der Waals surface area contributed by atoms with E-state index in [4.69, 9.17) is 0 Å². The number of rotatable bonds is 7. The smallest absolute Gasteiger partial charge is 0.240 e.